The summed E-state index contributed by atoms with van der Waals surface area (Å²) in [6, 6.07) is 9.10. The first kappa shape index (κ1) is 12.7. The molecule has 0 radical (unpaired) electrons. The topological polar surface area (TPSA) is 0 Å². The molecule has 2 unspecified atom stereocenters. The number of hydrogen-bond donors (Lipinski definition) is 0. The Bertz CT molecular complexity index is 370. The van der Waals surface area contributed by atoms with E-state index in [-0.39, 0.29) is 0 Å². The van der Waals surface area contributed by atoms with Crippen molar-refractivity contribution in [3.05, 3.63) is 35.4 Å². The quantitative estimate of drug-likeness (QED) is 0.671. The highest BCUT2D eigenvalue weighted by atomic mass is 14.4. The van der Waals surface area contributed by atoms with E-state index in [0.29, 0.717) is 5.41 Å². The Hall–Kier alpha value is -0.780. The third kappa shape index (κ3) is 2.91. The van der Waals surface area contributed by atoms with Crippen LogP contribution < -0.4 is 0 Å². The third-order valence-corrected chi connectivity index (χ3v) is 4.00. The second-order valence-electron chi connectivity index (χ2n) is 6.82. The highest BCUT2D eigenvalue weighted by Gasteiger charge is 2.33. The third-order valence-electron chi connectivity index (χ3n) is 4.00. The van der Waals surface area contributed by atoms with Gasteiger partial charge in [-0.1, -0.05) is 58.4 Å². The number of benzene rings is 1. The monoisotopic (exact) mass is 230 g/mol. The Morgan fingerprint density at radius 3 is 2.53 bits per heavy atom. The van der Waals surface area contributed by atoms with Gasteiger partial charge < -0.3 is 0 Å². The highest BCUT2D eigenvalue weighted by molar-refractivity contribution is 5.36. The van der Waals surface area contributed by atoms with E-state index in [1.54, 1.807) is 11.1 Å². The Balaban J connectivity index is 2.24. The zero-order valence-electron chi connectivity index (χ0n) is 11.8. The summed E-state index contributed by atoms with van der Waals surface area (Å²) in [7, 11) is 0. The number of fused-ring (bicyclic) bond motifs is 1. The van der Waals surface area contributed by atoms with Gasteiger partial charge in [-0.05, 0) is 47.6 Å². The molecule has 0 aliphatic heterocycles. The Morgan fingerprint density at radius 1 is 1.18 bits per heavy atom. The fourth-order valence-corrected chi connectivity index (χ4v) is 3.37. The predicted molar refractivity (Wildman–Crippen MR) is 75.4 cm³/mol. The van der Waals surface area contributed by atoms with Crippen molar-refractivity contribution in [3.8, 4) is 0 Å². The molecule has 1 aliphatic rings. The van der Waals surface area contributed by atoms with E-state index in [4.69, 9.17) is 0 Å². The van der Waals surface area contributed by atoms with E-state index in [0.717, 1.165) is 11.8 Å². The average Bonchev–Trinajstić information content (AvgIpc) is 2.56. The second-order valence-corrected chi connectivity index (χ2v) is 6.82. The maximum atomic E-state index is 2.37. The van der Waals surface area contributed by atoms with Gasteiger partial charge in [-0.3, -0.25) is 0 Å². The van der Waals surface area contributed by atoms with Crippen molar-refractivity contribution < 1.29 is 0 Å². The van der Waals surface area contributed by atoms with E-state index in [2.05, 4.69) is 52.0 Å². The van der Waals surface area contributed by atoms with Gasteiger partial charge in [0, 0.05) is 0 Å². The van der Waals surface area contributed by atoms with E-state index in [1.807, 2.05) is 0 Å². The molecule has 0 bridgehead atoms. The summed E-state index contributed by atoms with van der Waals surface area (Å²) < 4.78 is 0. The normalized spacial score (nSPS) is 23.8. The molecule has 0 nitrogen and oxygen atoms in total. The van der Waals surface area contributed by atoms with Crippen molar-refractivity contribution in [3.63, 3.8) is 0 Å². The van der Waals surface area contributed by atoms with Gasteiger partial charge in [0.15, 0.2) is 0 Å². The zero-order chi connectivity index (χ0) is 12.5. The smallest absolute Gasteiger partial charge is 0.0123 e. The fourth-order valence-electron chi connectivity index (χ4n) is 3.37. The predicted octanol–water partition coefficient (Wildman–Crippen LogP) is 5.18. The Labute approximate surface area is 106 Å². The lowest BCUT2D eigenvalue weighted by atomic mass is 9.77. The molecule has 0 amide bonds. The summed E-state index contributed by atoms with van der Waals surface area (Å²) in [4.78, 5) is 0. The first-order valence-electron chi connectivity index (χ1n) is 7.09. The van der Waals surface area contributed by atoms with E-state index in [9.17, 15) is 0 Å². The first-order chi connectivity index (χ1) is 8.01. The van der Waals surface area contributed by atoms with Gasteiger partial charge in [0.25, 0.3) is 0 Å². The molecule has 2 rings (SSSR count). The molecule has 0 aromatic heterocycles. The summed E-state index contributed by atoms with van der Waals surface area (Å²) in [6.07, 6.45) is 5.34. The minimum Gasteiger partial charge on any atom is -0.0654 e. The molecular weight excluding hydrogens is 204 g/mol. The largest absolute Gasteiger partial charge is 0.0654 e. The molecule has 0 heterocycles. The molecule has 0 saturated carbocycles. The molecule has 2 atom stereocenters. The number of hydrogen-bond acceptors (Lipinski definition) is 0. The van der Waals surface area contributed by atoms with Crippen LogP contribution in [0.1, 0.15) is 64.0 Å². The lowest BCUT2D eigenvalue weighted by Gasteiger charge is -2.28. The summed E-state index contributed by atoms with van der Waals surface area (Å²) >= 11 is 0. The molecule has 17 heavy (non-hydrogen) atoms. The second kappa shape index (κ2) is 4.84. The molecule has 0 N–H and O–H groups in total. The van der Waals surface area contributed by atoms with Crippen LogP contribution in [0.25, 0.3) is 0 Å². The van der Waals surface area contributed by atoms with E-state index >= 15 is 0 Å². The highest BCUT2D eigenvalue weighted by Crippen LogP contribution is 2.46. The molecule has 1 aromatic carbocycles. The maximum Gasteiger partial charge on any atom is -0.0123 e. The van der Waals surface area contributed by atoms with Crippen LogP contribution in [-0.2, 0) is 6.42 Å². The fraction of sp³-hybridized carbons (Fsp3) is 0.647. The number of rotatable bonds is 3. The van der Waals surface area contributed by atoms with Crippen molar-refractivity contribution in [2.45, 2.75) is 59.3 Å². The minimum absolute atomic E-state index is 0.439. The van der Waals surface area contributed by atoms with Crippen LogP contribution in [0.5, 0.6) is 0 Å². The van der Waals surface area contributed by atoms with Crippen LogP contribution in [0.2, 0.25) is 0 Å². The first-order valence-corrected chi connectivity index (χ1v) is 7.09. The van der Waals surface area contributed by atoms with E-state index < -0.39 is 0 Å². The van der Waals surface area contributed by atoms with Gasteiger partial charge in [-0.15, -0.1) is 0 Å². The van der Waals surface area contributed by atoms with E-state index in [1.165, 1.54) is 25.7 Å². The van der Waals surface area contributed by atoms with Crippen LogP contribution in [0.4, 0.5) is 0 Å². The summed E-state index contributed by atoms with van der Waals surface area (Å²) in [5.41, 5.74) is 3.69. The summed E-state index contributed by atoms with van der Waals surface area (Å²) in [5.74, 6) is 1.68. The van der Waals surface area contributed by atoms with Crippen LogP contribution in [-0.4, -0.2) is 0 Å². The van der Waals surface area contributed by atoms with Gasteiger partial charge in [-0.2, -0.15) is 0 Å². The zero-order valence-corrected chi connectivity index (χ0v) is 11.8. The maximum absolute atomic E-state index is 2.37. The molecule has 0 heteroatoms. The van der Waals surface area contributed by atoms with Gasteiger partial charge in [0.2, 0.25) is 0 Å². The van der Waals surface area contributed by atoms with Crippen LogP contribution in [0, 0.1) is 11.3 Å². The van der Waals surface area contributed by atoms with Crippen LogP contribution >= 0.6 is 0 Å². The van der Waals surface area contributed by atoms with Gasteiger partial charge in [0.1, 0.15) is 0 Å². The summed E-state index contributed by atoms with van der Waals surface area (Å²) in [6.45, 7) is 9.43. The molecule has 94 valence electrons. The van der Waals surface area contributed by atoms with Crippen LogP contribution in [0.3, 0.4) is 0 Å². The molecule has 0 spiro atoms. The standard InChI is InChI=1S/C17H26/c1-5-8-13-11-14-9-6-7-10-15(14)16(13)12-17(2,3)4/h6-7,9-10,13,16H,5,8,11-12H2,1-4H3. The molecule has 0 fully saturated rings. The molecular formula is C17H26. The minimum atomic E-state index is 0.439. The van der Waals surface area contributed by atoms with Crippen molar-refractivity contribution in [1.29, 1.82) is 0 Å². The molecule has 0 saturated heterocycles. The molecule has 1 aliphatic carbocycles. The lowest BCUT2D eigenvalue weighted by Crippen LogP contribution is -2.16. The van der Waals surface area contributed by atoms with Crippen LogP contribution in [0.15, 0.2) is 24.3 Å². The van der Waals surface area contributed by atoms with Crippen molar-refractivity contribution in [2.24, 2.45) is 11.3 Å². The molecule has 1 aromatic rings. The average molecular weight is 230 g/mol. The van der Waals surface area contributed by atoms with Gasteiger partial charge >= 0.3 is 0 Å². The lowest BCUT2D eigenvalue weighted by molar-refractivity contribution is 0.285. The Morgan fingerprint density at radius 2 is 1.88 bits per heavy atom. The van der Waals surface area contributed by atoms with Gasteiger partial charge in [-0.25, -0.2) is 0 Å². The van der Waals surface area contributed by atoms with Crippen molar-refractivity contribution in [2.75, 3.05) is 0 Å². The van der Waals surface area contributed by atoms with Crippen molar-refractivity contribution in [1.82, 2.24) is 0 Å². The summed E-state index contributed by atoms with van der Waals surface area (Å²) in [5, 5.41) is 0. The van der Waals surface area contributed by atoms with Gasteiger partial charge in [0.05, 0.1) is 0 Å². The SMILES string of the molecule is CCCC1Cc2ccccc2C1CC(C)(C)C. The van der Waals surface area contributed by atoms with Crippen molar-refractivity contribution >= 4 is 0 Å². The Kier molecular flexibility index (Phi) is 3.61.